The molecule has 0 heterocycles. The second-order valence-corrected chi connectivity index (χ2v) is 3.81. The van der Waals surface area contributed by atoms with Crippen molar-refractivity contribution in [2.75, 3.05) is 13.7 Å². The Kier molecular flexibility index (Phi) is 5.38. The second-order valence-electron chi connectivity index (χ2n) is 1.19. The summed E-state index contributed by atoms with van der Waals surface area (Å²) in [7, 11) is 1.21. The highest BCUT2D eigenvalue weighted by atomic mass is 32.5. The third-order valence-electron chi connectivity index (χ3n) is 0.433. The van der Waals surface area contributed by atoms with Crippen molar-refractivity contribution in [3.05, 3.63) is 0 Å². The summed E-state index contributed by atoms with van der Waals surface area (Å²) in [5.74, 6) is 0. The fourth-order valence-corrected chi connectivity index (χ4v) is 0.989. The molecule has 62 valence electrons. The summed E-state index contributed by atoms with van der Waals surface area (Å²) in [5, 5.41) is 0. The lowest BCUT2D eigenvalue weighted by Gasteiger charge is -2.09. The predicted octanol–water partition coefficient (Wildman–Crippen LogP) is 0.749. The highest BCUT2D eigenvalue weighted by molar-refractivity contribution is 8.07. The van der Waals surface area contributed by atoms with Gasteiger partial charge >= 0.3 is 6.72 Å². The van der Waals surface area contributed by atoms with Gasteiger partial charge in [0, 0.05) is 0 Å². The third-order valence-corrected chi connectivity index (χ3v) is 1.43. The van der Waals surface area contributed by atoms with Crippen molar-refractivity contribution in [3.8, 4) is 0 Å². The van der Waals surface area contributed by atoms with Crippen LogP contribution in [0.2, 0.25) is 0 Å². The lowest BCUT2D eigenvalue weighted by atomic mass is 10.9. The second kappa shape index (κ2) is 5.15. The minimum atomic E-state index is -3.32. The Morgan fingerprint density at radius 1 is 1.50 bits per heavy atom. The molecule has 0 rings (SSSR count). The van der Waals surface area contributed by atoms with E-state index in [0.29, 0.717) is 0 Å². The Bertz CT molecular complexity index is 128. The van der Waals surface area contributed by atoms with Gasteiger partial charge in [-0.25, -0.2) is 9.78 Å². The maximum absolute atomic E-state index is 8.88. The van der Waals surface area contributed by atoms with E-state index in [9.17, 15) is 0 Å². The lowest BCUT2D eigenvalue weighted by molar-refractivity contribution is -0.255. The van der Waals surface area contributed by atoms with E-state index in [4.69, 9.17) is 4.89 Å². The molecule has 0 saturated carbocycles. The molecule has 1 unspecified atom stereocenters. The minimum absolute atomic E-state index is 0.284. The molecule has 0 radical (unpaired) electrons. The van der Waals surface area contributed by atoms with E-state index < -0.39 is 6.72 Å². The van der Waals surface area contributed by atoms with Crippen LogP contribution in [0.1, 0.15) is 6.92 Å². The van der Waals surface area contributed by atoms with Crippen molar-refractivity contribution in [2.24, 2.45) is 0 Å². The summed E-state index contributed by atoms with van der Waals surface area (Å²) in [6, 6.07) is 0. The maximum Gasteiger partial charge on any atom is 0.380 e. The Hall–Kier alpha value is 0.450. The van der Waals surface area contributed by atoms with Crippen LogP contribution in [-0.4, -0.2) is 18.6 Å². The van der Waals surface area contributed by atoms with Gasteiger partial charge in [-0.15, -0.1) is 9.35 Å². The van der Waals surface area contributed by atoms with Crippen LogP contribution in [0.4, 0.5) is 0 Å². The molecule has 0 spiro atoms. The van der Waals surface area contributed by atoms with Crippen LogP contribution in [0.25, 0.3) is 0 Å². The quantitative estimate of drug-likeness (QED) is 0.390. The van der Waals surface area contributed by atoms with Crippen LogP contribution >= 0.6 is 6.72 Å². The van der Waals surface area contributed by atoms with Gasteiger partial charge in [0.05, 0.1) is 13.7 Å². The van der Waals surface area contributed by atoms with E-state index in [1.807, 2.05) is 0 Å². The molecular weight excluding hydrogens is 179 g/mol. The van der Waals surface area contributed by atoms with Crippen molar-refractivity contribution in [1.29, 1.82) is 0 Å². The molecule has 0 fully saturated rings. The normalized spacial score (nSPS) is 16.7. The van der Waals surface area contributed by atoms with Gasteiger partial charge in [0.1, 0.15) is 0 Å². The van der Waals surface area contributed by atoms with Crippen molar-refractivity contribution in [3.63, 3.8) is 0 Å². The first-order chi connectivity index (χ1) is 4.62. The SMILES string of the molecule is CCOOP(O)(=S)OOC. The average Bonchev–Trinajstić information content (AvgIpc) is 1.84. The molecule has 0 aliphatic heterocycles. The molecule has 0 aromatic heterocycles. The van der Waals surface area contributed by atoms with Gasteiger partial charge in [-0.1, -0.05) is 0 Å². The van der Waals surface area contributed by atoms with Gasteiger partial charge in [-0.05, 0) is 18.7 Å². The summed E-state index contributed by atoms with van der Waals surface area (Å²) in [6.07, 6.45) is 0. The molecule has 0 saturated heterocycles. The molecule has 7 heteroatoms. The topological polar surface area (TPSA) is 57.2 Å². The molecule has 1 N–H and O–H groups in total. The van der Waals surface area contributed by atoms with Gasteiger partial charge in [-0.3, -0.25) is 0 Å². The highest BCUT2D eigenvalue weighted by Gasteiger charge is 2.16. The van der Waals surface area contributed by atoms with Crippen LogP contribution in [0, 0.1) is 0 Å². The van der Waals surface area contributed by atoms with Crippen LogP contribution in [0.3, 0.4) is 0 Å². The largest absolute Gasteiger partial charge is 0.380 e. The molecule has 0 amide bonds. The summed E-state index contributed by atoms with van der Waals surface area (Å²) in [6.45, 7) is -1.35. The molecule has 0 aromatic rings. The molecule has 5 nitrogen and oxygen atoms in total. The van der Waals surface area contributed by atoms with Gasteiger partial charge in [0.25, 0.3) is 0 Å². The molecule has 10 heavy (non-hydrogen) atoms. The monoisotopic (exact) mass is 188 g/mol. The zero-order chi connectivity index (χ0) is 8.04. The van der Waals surface area contributed by atoms with Gasteiger partial charge in [-0.2, -0.15) is 0 Å². The van der Waals surface area contributed by atoms with E-state index in [-0.39, 0.29) is 6.61 Å². The van der Waals surface area contributed by atoms with E-state index in [0.717, 1.165) is 0 Å². The van der Waals surface area contributed by atoms with Gasteiger partial charge in [0.2, 0.25) is 0 Å². The molecule has 0 aliphatic rings. The van der Waals surface area contributed by atoms with Crippen LogP contribution in [-0.2, 0) is 30.9 Å². The summed E-state index contributed by atoms with van der Waals surface area (Å²) in [5.41, 5.74) is 0. The fourth-order valence-electron chi connectivity index (χ4n) is 0.226. The first kappa shape index (κ1) is 10.4. The van der Waals surface area contributed by atoms with Crippen molar-refractivity contribution in [1.82, 2.24) is 0 Å². The molecule has 0 bridgehead atoms. The van der Waals surface area contributed by atoms with Crippen LogP contribution in [0.5, 0.6) is 0 Å². The Balaban J connectivity index is 3.53. The molecular formula is C3H9O5PS. The standard InChI is InChI=1S/C3H9O5PS/c1-3-6-8-9(4,10)7-5-2/h3H2,1-2H3,(H,4,10). The summed E-state index contributed by atoms with van der Waals surface area (Å²) in [4.78, 5) is 17.3. The van der Waals surface area contributed by atoms with Crippen molar-refractivity contribution >= 4 is 18.5 Å². The molecule has 0 aliphatic carbocycles. The van der Waals surface area contributed by atoms with Crippen molar-refractivity contribution < 1.29 is 24.0 Å². The highest BCUT2D eigenvalue weighted by Crippen LogP contribution is 2.43. The summed E-state index contributed by atoms with van der Waals surface area (Å²) >= 11 is 4.38. The van der Waals surface area contributed by atoms with Gasteiger partial charge in [0.15, 0.2) is 0 Å². The van der Waals surface area contributed by atoms with E-state index >= 15 is 0 Å². The van der Waals surface area contributed by atoms with Crippen molar-refractivity contribution in [2.45, 2.75) is 6.92 Å². The zero-order valence-electron chi connectivity index (χ0n) is 5.64. The minimum Gasteiger partial charge on any atom is -0.321 e. The smallest absolute Gasteiger partial charge is 0.321 e. The lowest BCUT2D eigenvalue weighted by Crippen LogP contribution is -1.94. The number of hydrogen-bond donors (Lipinski definition) is 1. The van der Waals surface area contributed by atoms with Gasteiger partial charge < -0.3 is 4.89 Å². The van der Waals surface area contributed by atoms with E-state index in [2.05, 4.69) is 30.9 Å². The van der Waals surface area contributed by atoms with E-state index in [1.165, 1.54) is 7.11 Å². The van der Waals surface area contributed by atoms with Crippen LogP contribution in [0.15, 0.2) is 0 Å². The fraction of sp³-hybridized carbons (Fsp3) is 1.00. The predicted molar refractivity (Wildman–Crippen MR) is 37.3 cm³/mol. The number of hydrogen-bond acceptors (Lipinski definition) is 5. The maximum atomic E-state index is 8.88. The van der Waals surface area contributed by atoms with E-state index in [1.54, 1.807) is 6.92 Å². The first-order valence-corrected chi connectivity index (χ1v) is 5.08. The van der Waals surface area contributed by atoms with Crippen LogP contribution < -0.4 is 0 Å². The third kappa shape index (κ3) is 5.25. The Morgan fingerprint density at radius 3 is 2.50 bits per heavy atom. The number of rotatable bonds is 5. The Labute approximate surface area is 64.0 Å². The average molecular weight is 188 g/mol. The first-order valence-electron chi connectivity index (χ1n) is 2.49. The zero-order valence-corrected chi connectivity index (χ0v) is 7.35. The summed E-state index contributed by atoms with van der Waals surface area (Å²) < 4.78 is 8.42. The Morgan fingerprint density at radius 2 is 2.10 bits per heavy atom. The molecule has 0 aromatic carbocycles. The molecule has 1 atom stereocenters.